The normalized spacial score (nSPS) is 26.3. The second kappa shape index (κ2) is 7.66. The highest BCUT2D eigenvalue weighted by Crippen LogP contribution is 2.66. The molecule has 1 aromatic carbocycles. The molecule has 1 fully saturated rings. The number of aliphatic imine (C=N–C) groups is 1. The zero-order valence-electron chi connectivity index (χ0n) is 18.8. The SMILES string of the molecule is COc1cnc(C(N)=O)c(C)c1-c1ccc(F)c([C@]23COC[C@@H]2S(O)(O)C(C)(C)C(N)=N3)c1. The van der Waals surface area contributed by atoms with E-state index in [-0.39, 0.29) is 30.3 Å². The van der Waals surface area contributed by atoms with Crippen LogP contribution in [-0.2, 0) is 10.3 Å². The molecule has 3 heterocycles. The van der Waals surface area contributed by atoms with E-state index in [0.717, 1.165) is 0 Å². The monoisotopic (exact) mass is 478 g/mol. The summed E-state index contributed by atoms with van der Waals surface area (Å²) < 4.78 is 47.5. The highest BCUT2D eigenvalue weighted by atomic mass is 32.3. The van der Waals surface area contributed by atoms with Crippen molar-refractivity contribution in [3.05, 3.63) is 47.0 Å². The third-order valence-corrected chi connectivity index (χ3v) is 9.70. The van der Waals surface area contributed by atoms with Crippen molar-refractivity contribution in [3.63, 3.8) is 0 Å². The van der Waals surface area contributed by atoms with E-state index in [0.29, 0.717) is 22.4 Å². The number of hydrogen-bond acceptors (Lipinski definition) is 8. The van der Waals surface area contributed by atoms with Gasteiger partial charge < -0.3 is 20.9 Å². The number of rotatable bonds is 4. The first kappa shape index (κ1) is 23.4. The average Bonchev–Trinajstić information content (AvgIpc) is 3.18. The van der Waals surface area contributed by atoms with Crippen LogP contribution in [0, 0.1) is 12.7 Å². The second-order valence-electron chi connectivity index (χ2n) is 8.76. The van der Waals surface area contributed by atoms with Gasteiger partial charge in [0.1, 0.15) is 38.6 Å². The summed E-state index contributed by atoms with van der Waals surface area (Å²) in [4.78, 5) is 20.5. The van der Waals surface area contributed by atoms with E-state index in [9.17, 15) is 13.9 Å². The maximum atomic E-state index is 15.3. The van der Waals surface area contributed by atoms with Crippen LogP contribution in [0.3, 0.4) is 0 Å². The molecule has 2 aliphatic heterocycles. The van der Waals surface area contributed by atoms with Gasteiger partial charge in [-0.1, -0.05) is 6.07 Å². The van der Waals surface area contributed by atoms with Crippen molar-refractivity contribution < 1.29 is 27.8 Å². The number of primary amides is 1. The number of pyridine rings is 1. The first-order valence-electron chi connectivity index (χ1n) is 10.2. The van der Waals surface area contributed by atoms with Gasteiger partial charge in [0, 0.05) is 11.1 Å². The Morgan fingerprint density at radius 1 is 1.36 bits per heavy atom. The third-order valence-electron chi connectivity index (χ3n) is 6.67. The minimum atomic E-state index is -3.37. The molecule has 0 spiro atoms. The van der Waals surface area contributed by atoms with Gasteiger partial charge in [-0.2, -0.15) is 10.6 Å². The molecule has 0 bridgehead atoms. The number of amides is 1. The summed E-state index contributed by atoms with van der Waals surface area (Å²) in [7, 11) is -1.92. The molecule has 6 N–H and O–H groups in total. The molecule has 11 heteroatoms. The Morgan fingerprint density at radius 2 is 2.06 bits per heavy atom. The Balaban J connectivity index is 1.98. The number of carbonyl (C=O) groups is 1. The summed E-state index contributed by atoms with van der Waals surface area (Å²) in [5.74, 6) is -0.921. The molecule has 4 rings (SSSR count). The minimum Gasteiger partial charge on any atom is -0.494 e. The summed E-state index contributed by atoms with van der Waals surface area (Å²) in [6.45, 7) is 4.81. The number of ether oxygens (including phenoxy) is 2. The number of fused-ring (bicyclic) bond motifs is 1. The van der Waals surface area contributed by atoms with E-state index in [1.165, 1.54) is 25.4 Å². The fourth-order valence-electron chi connectivity index (χ4n) is 4.56. The van der Waals surface area contributed by atoms with Crippen LogP contribution in [0.15, 0.2) is 29.4 Å². The maximum absolute atomic E-state index is 15.3. The molecular weight excluding hydrogens is 451 g/mol. The number of halogens is 1. The van der Waals surface area contributed by atoms with E-state index in [4.69, 9.17) is 20.9 Å². The summed E-state index contributed by atoms with van der Waals surface area (Å²) in [5.41, 5.74) is 11.9. The molecule has 0 unspecified atom stereocenters. The number of methoxy groups -OCH3 is 1. The third kappa shape index (κ3) is 3.22. The Labute approximate surface area is 192 Å². The average molecular weight is 479 g/mol. The molecule has 1 aromatic heterocycles. The number of hydrogen-bond donors (Lipinski definition) is 4. The molecule has 2 aromatic rings. The quantitative estimate of drug-likeness (QED) is 0.527. The van der Waals surface area contributed by atoms with Crippen molar-refractivity contribution in [3.8, 4) is 16.9 Å². The van der Waals surface area contributed by atoms with Crippen molar-refractivity contribution in [2.75, 3.05) is 20.3 Å². The fraction of sp³-hybridized carbons (Fsp3) is 0.409. The molecule has 33 heavy (non-hydrogen) atoms. The Bertz CT molecular complexity index is 1190. The van der Waals surface area contributed by atoms with Crippen LogP contribution in [0.2, 0.25) is 0 Å². The molecule has 1 amide bonds. The van der Waals surface area contributed by atoms with E-state index in [1.807, 2.05) is 0 Å². The number of nitrogens with two attached hydrogens (primary N) is 2. The van der Waals surface area contributed by atoms with Gasteiger partial charge in [-0.3, -0.25) is 18.9 Å². The van der Waals surface area contributed by atoms with Crippen LogP contribution in [0.4, 0.5) is 4.39 Å². The van der Waals surface area contributed by atoms with Crippen molar-refractivity contribution >= 4 is 22.3 Å². The van der Waals surface area contributed by atoms with Crippen LogP contribution in [0.25, 0.3) is 11.1 Å². The van der Waals surface area contributed by atoms with Gasteiger partial charge in [0.05, 0.1) is 26.5 Å². The largest absolute Gasteiger partial charge is 0.494 e. The number of carbonyl (C=O) groups excluding carboxylic acids is 1. The molecule has 1 saturated heterocycles. The molecule has 2 aliphatic rings. The van der Waals surface area contributed by atoms with Crippen molar-refractivity contribution in [1.82, 2.24) is 4.98 Å². The van der Waals surface area contributed by atoms with Crippen molar-refractivity contribution in [2.24, 2.45) is 16.5 Å². The van der Waals surface area contributed by atoms with Crippen LogP contribution in [0.1, 0.15) is 35.5 Å². The van der Waals surface area contributed by atoms with Crippen LogP contribution < -0.4 is 16.2 Å². The lowest BCUT2D eigenvalue weighted by atomic mass is 9.85. The second-order valence-corrected chi connectivity index (χ2v) is 11.5. The standard InChI is InChI=1S/C22H27FN4O5S/c1-11-17(15(31-4)8-26-18(11)19(24)28)12-5-6-14(23)13(7-12)22-10-32-9-16(22)33(29,30)21(2,3)20(25)27-22/h5-8,16,29-30H,9-10H2,1-4H3,(H2,24,28)(H2,25,27)/t16-,22+/m0/s1. The molecular formula is C22H27FN4O5S. The van der Waals surface area contributed by atoms with Gasteiger partial charge in [0.25, 0.3) is 5.91 Å². The van der Waals surface area contributed by atoms with Gasteiger partial charge >= 0.3 is 0 Å². The summed E-state index contributed by atoms with van der Waals surface area (Å²) in [5, 5.41) is -0.890. The van der Waals surface area contributed by atoms with Gasteiger partial charge in [0.2, 0.25) is 0 Å². The summed E-state index contributed by atoms with van der Waals surface area (Å²) in [6.07, 6.45) is 1.38. The topological polar surface area (TPSA) is 153 Å². The highest BCUT2D eigenvalue weighted by molar-refractivity contribution is 8.26. The number of nitrogens with zero attached hydrogens (tertiary/aromatic N) is 2. The number of amidine groups is 1. The van der Waals surface area contributed by atoms with Gasteiger partial charge in [-0.05, 0) is 44.0 Å². The van der Waals surface area contributed by atoms with Crippen LogP contribution >= 0.6 is 10.6 Å². The molecule has 0 saturated carbocycles. The lowest BCUT2D eigenvalue weighted by Crippen LogP contribution is -2.57. The smallest absolute Gasteiger partial charge is 0.267 e. The van der Waals surface area contributed by atoms with E-state index < -0.39 is 37.9 Å². The Kier molecular flexibility index (Phi) is 5.44. The van der Waals surface area contributed by atoms with Crippen molar-refractivity contribution in [1.29, 1.82) is 0 Å². The zero-order valence-corrected chi connectivity index (χ0v) is 19.6. The van der Waals surface area contributed by atoms with E-state index in [2.05, 4.69) is 9.98 Å². The molecule has 9 nitrogen and oxygen atoms in total. The first-order chi connectivity index (χ1) is 15.4. The Morgan fingerprint density at radius 3 is 2.70 bits per heavy atom. The summed E-state index contributed by atoms with van der Waals surface area (Å²) >= 11 is 0. The Hall–Kier alpha value is -2.73. The van der Waals surface area contributed by atoms with Gasteiger partial charge in [-0.15, -0.1) is 0 Å². The van der Waals surface area contributed by atoms with Gasteiger partial charge in [0.15, 0.2) is 0 Å². The van der Waals surface area contributed by atoms with Crippen LogP contribution in [0.5, 0.6) is 5.75 Å². The zero-order chi connectivity index (χ0) is 24.3. The highest BCUT2D eigenvalue weighted by Gasteiger charge is 2.61. The lowest BCUT2D eigenvalue weighted by molar-refractivity contribution is 0.0995. The molecule has 178 valence electrons. The minimum absolute atomic E-state index is 0.00433. The predicted octanol–water partition coefficient (Wildman–Crippen LogP) is 2.80. The molecule has 0 aliphatic carbocycles. The van der Waals surface area contributed by atoms with Crippen molar-refractivity contribution in [2.45, 2.75) is 36.3 Å². The number of benzene rings is 1. The van der Waals surface area contributed by atoms with E-state index in [1.54, 1.807) is 26.8 Å². The van der Waals surface area contributed by atoms with Crippen LogP contribution in [-0.4, -0.2) is 56.2 Å². The first-order valence-corrected chi connectivity index (χ1v) is 11.8. The molecule has 2 atom stereocenters. The predicted molar refractivity (Wildman–Crippen MR) is 124 cm³/mol. The number of aromatic nitrogens is 1. The lowest BCUT2D eigenvalue weighted by Gasteiger charge is -2.56. The molecule has 0 radical (unpaired) electrons. The maximum Gasteiger partial charge on any atom is 0.267 e. The fourth-order valence-corrected chi connectivity index (χ4v) is 6.70. The summed E-state index contributed by atoms with van der Waals surface area (Å²) in [6, 6.07) is 4.35. The van der Waals surface area contributed by atoms with Gasteiger partial charge in [-0.25, -0.2) is 9.37 Å². The van der Waals surface area contributed by atoms with E-state index >= 15 is 4.39 Å².